The van der Waals surface area contributed by atoms with Crippen LogP contribution in [0.2, 0.25) is 0 Å². The molecule has 8 atom stereocenters. The Hall–Kier alpha value is -1.40. The van der Waals surface area contributed by atoms with Gasteiger partial charge in [-0.3, -0.25) is 4.55 Å². The van der Waals surface area contributed by atoms with Gasteiger partial charge in [-0.25, -0.2) is 4.79 Å². The van der Waals surface area contributed by atoms with Crippen molar-refractivity contribution in [3.8, 4) is 0 Å². The molecule has 2 aliphatic heterocycles. The van der Waals surface area contributed by atoms with Crippen molar-refractivity contribution in [3.05, 3.63) is 11.8 Å². The number of hydrogen-bond donors (Lipinski definition) is 8. The zero-order valence-electron chi connectivity index (χ0n) is 13.4. The van der Waals surface area contributed by atoms with E-state index in [-0.39, 0.29) is 0 Å². The Balaban J connectivity index is 2.23. The van der Waals surface area contributed by atoms with Crippen molar-refractivity contribution in [3.63, 3.8) is 0 Å². The summed E-state index contributed by atoms with van der Waals surface area (Å²) in [5.74, 6) is -2.35. The molecule has 15 heteroatoms. The molecule has 0 aromatic carbocycles. The normalized spacial score (nSPS) is 40.1. The van der Waals surface area contributed by atoms with Crippen LogP contribution in [0.1, 0.15) is 0 Å². The van der Waals surface area contributed by atoms with Gasteiger partial charge in [-0.05, 0) is 6.08 Å². The van der Waals surface area contributed by atoms with E-state index >= 15 is 0 Å². The first kappa shape index (κ1) is 21.9. The molecule has 3 unspecified atom stereocenters. The van der Waals surface area contributed by atoms with Crippen LogP contribution in [-0.4, -0.2) is 105 Å². The number of carboxylic acids is 1. The molecule has 2 rings (SSSR count). The minimum atomic E-state index is -4.89. The molecule has 0 aromatic heterocycles. The fourth-order valence-corrected chi connectivity index (χ4v) is 3.18. The molecule has 27 heavy (non-hydrogen) atoms. The van der Waals surface area contributed by atoms with Crippen LogP contribution in [0.15, 0.2) is 11.8 Å². The van der Waals surface area contributed by atoms with Crippen molar-refractivity contribution in [1.29, 1.82) is 0 Å². The largest absolute Gasteiger partial charge is 0.475 e. The molecule has 0 amide bonds. The summed E-state index contributed by atoms with van der Waals surface area (Å²) in [6.07, 6.45) is -11.7. The minimum Gasteiger partial charge on any atom is -0.475 e. The predicted octanol–water partition coefficient (Wildman–Crippen LogP) is -4.75. The molecule has 0 saturated carbocycles. The van der Waals surface area contributed by atoms with Gasteiger partial charge in [0.05, 0.1) is 6.61 Å². The van der Waals surface area contributed by atoms with Gasteiger partial charge in [0.2, 0.25) is 12.0 Å². The maximum atomic E-state index is 11.0. The van der Waals surface area contributed by atoms with Crippen LogP contribution in [0.5, 0.6) is 0 Å². The fourth-order valence-electron chi connectivity index (χ4n) is 2.58. The molecule has 2 heterocycles. The van der Waals surface area contributed by atoms with Crippen molar-refractivity contribution in [2.75, 3.05) is 6.61 Å². The van der Waals surface area contributed by atoms with Gasteiger partial charge in [0.1, 0.15) is 36.6 Å². The van der Waals surface area contributed by atoms with Gasteiger partial charge in [0, 0.05) is 0 Å². The van der Waals surface area contributed by atoms with Gasteiger partial charge in [-0.15, -0.1) is 0 Å². The van der Waals surface area contributed by atoms with Crippen LogP contribution in [-0.2, 0) is 29.3 Å². The number of aliphatic carboxylic acids is 1. The predicted molar refractivity (Wildman–Crippen MR) is 79.9 cm³/mol. The standard InChI is InChI=1S/C12H19NO13S/c14-2-5-9(8(17)6(11(20)24-5)13-27(21,22)23)26-12-7(16)3(15)1-4(25-12)10(18)19/h1,3,5-9,11-17,20H,2H2,(H,18,19)(H,21,22,23)/t3?,5-,6?,7+,8-,9-,11?,12+/m1/s1. The first-order valence-corrected chi connectivity index (χ1v) is 8.89. The molecule has 156 valence electrons. The zero-order chi connectivity index (χ0) is 20.5. The number of carboxylic acid groups (broad SMARTS) is 1. The zero-order valence-corrected chi connectivity index (χ0v) is 14.2. The van der Waals surface area contributed by atoms with Crippen LogP contribution in [0.25, 0.3) is 0 Å². The number of nitrogens with one attached hydrogen (secondary N) is 1. The third-order valence-corrected chi connectivity index (χ3v) is 4.42. The lowest BCUT2D eigenvalue weighted by atomic mass is 9.97. The monoisotopic (exact) mass is 417 g/mol. The van der Waals surface area contributed by atoms with Crippen molar-refractivity contribution in [2.45, 2.75) is 49.1 Å². The molecular weight excluding hydrogens is 398 g/mol. The van der Waals surface area contributed by atoms with Gasteiger partial charge in [0.15, 0.2) is 6.29 Å². The van der Waals surface area contributed by atoms with Gasteiger partial charge < -0.3 is 44.8 Å². The SMILES string of the molecule is O=C(O)C1=CC(O)[C@H](O)[C@H](O[C@H]2[C@H](O)C(NS(=O)(=O)O)C(O)O[C@@H]2CO)O1. The average Bonchev–Trinajstić information content (AvgIpc) is 2.56. The summed E-state index contributed by atoms with van der Waals surface area (Å²) in [6, 6.07) is -1.84. The highest BCUT2D eigenvalue weighted by molar-refractivity contribution is 7.83. The second-order valence-corrected chi connectivity index (χ2v) is 6.95. The Morgan fingerprint density at radius 1 is 1.22 bits per heavy atom. The van der Waals surface area contributed by atoms with Crippen LogP contribution in [0.3, 0.4) is 0 Å². The number of ether oxygens (including phenoxy) is 3. The smallest absolute Gasteiger partial charge is 0.371 e. The second-order valence-electron chi connectivity index (χ2n) is 5.76. The molecule has 1 saturated heterocycles. The third-order valence-electron chi connectivity index (χ3n) is 3.85. The molecular formula is C12H19NO13S. The fraction of sp³-hybridized carbons (Fsp3) is 0.750. The number of rotatable bonds is 6. The van der Waals surface area contributed by atoms with E-state index in [1.165, 1.54) is 4.72 Å². The molecule has 0 aliphatic carbocycles. The third kappa shape index (κ3) is 5.11. The number of aliphatic hydroxyl groups is 5. The summed E-state index contributed by atoms with van der Waals surface area (Å²) in [7, 11) is -4.89. The van der Waals surface area contributed by atoms with Crippen LogP contribution >= 0.6 is 0 Å². The quantitative estimate of drug-likeness (QED) is 0.190. The highest BCUT2D eigenvalue weighted by atomic mass is 32.2. The Labute approximate surface area is 152 Å². The van der Waals surface area contributed by atoms with E-state index in [9.17, 15) is 38.7 Å². The molecule has 0 radical (unpaired) electrons. The van der Waals surface area contributed by atoms with Crippen molar-refractivity contribution in [2.24, 2.45) is 0 Å². The van der Waals surface area contributed by atoms with E-state index in [1.807, 2.05) is 0 Å². The van der Waals surface area contributed by atoms with Crippen molar-refractivity contribution >= 4 is 16.3 Å². The lowest BCUT2D eigenvalue weighted by Crippen LogP contribution is -2.65. The summed E-state index contributed by atoms with van der Waals surface area (Å²) < 4.78 is 47.2. The molecule has 8 N–H and O–H groups in total. The summed E-state index contributed by atoms with van der Waals surface area (Å²) in [4.78, 5) is 11.0. The summed E-state index contributed by atoms with van der Waals surface area (Å²) in [5, 5.41) is 57.8. The molecule has 0 spiro atoms. The van der Waals surface area contributed by atoms with Crippen molar-refractivity contribution < 1.29 is 62.6 Å². The van der Waals surface area contributed by atoms with Gasteiger partial charge in [-0.2, -0.15) is 13.1 Å². The maximum absolute atomic E-state index is 11.0. The highest BCUT2D eigenvalue weighted by Gasteiger charge is 2.49. The van der Waals surface area contributed by atoms with Gasteiger partial charge in [-0.1, -0.05) is 0 Å². The Kier molecular flexibility index (Phi) is 6.74. The Morgan fingerprint density at radius 2 is 1.85 bits per heavy atom. The number of aliphatic hydroxyl groups excluding tert-OH is 5. The van der Waals surface area contributed by atoms with E-state index in [4.69, 9.17) is 23.9 Å². The first-order chi connectivity index (χ1) is 12.4. The van der Waals surface area contributed by atoms with Crippen molar-refractivity contribution in [1.82, 2.24) is 4.72 Å². The molecule has 2 aliphatic rings. The molecule has 0 aromatic rings. The van der Waals surface area contributed by atoms with Crippen LogP contribution < -0.4 is 4.72 Å². The van der Waals surface area contributed by atoms with E-state index in [1.54, 1.807) is 0 Å². The van der Waals surface area contributed by atoms with E-state index < -0.39 is 77.8 Å². The van der Waals surface area contributed by atoms with E-state index in [2.05, 4.69) is 0 Å². The molecule has 0 bridgehead atoms. The van der Waals surface area contributed by atoms with Gasteiger partial charge in [0.25, 0.3) is 0 Å². The maximum Gasteiger partial charge on any atom is 0.371 e. The Morgan fingerprint density at radius 3 is 2.37 bits per heavy atom. The van der Waals surface area contributed by atoms with Crippen LogP contribution in [0.4, 0.5) is 0 Å². The second kappa shape index (κ2) is 8.31. The molecule has 1 fully saturated rings. The summed E-state index contributed by atoms with van der Waals surface area (Å²) in [5.41, 5.74) is 0. The number of hydrogen-bond acceptors (Lipinski definition) is 11. The van der Waals surface area contributed by atoms with Gasteiger partial charge >= 0.3 is 16.3 Å². The lowest BCUT2D eigenvalue weighted by Gasteiger charge is -2.44. The summed E-state index contributed by atoms with van der Waals surface area (Å²) >= 11 is 0. The van der Waals surface area contributed by atoms with E-state index in [0.29, 0.717) is 6.08 Å². The summed E-state index contributed by atoms with van der Waals surface area (Å²) in [6.45, 7) is -0.843. The van der Waals surface area contributed by atoms with Crippen LogP contribution in [0, 0.1) is 0 Å². The lowest BCUT2D eigenvalue weighted by molar-refractivity contribution is -0.306. The Bertz CT molecular complexity index is 681. The van der Waals surface area contributed by atoms with E-state index in [0.717, 1.165) is 0 Å². The molecule has 14 nitrogen and oxygen atoms in total. The average molecular weight is 417 g/mol. The first-order valence-electron chi connectivity index (χ1n) is 7.45. The minimum absolute atomic E-state index is 0.705. The number of carbonyl (C=O) groups is 1. The topological polar surface area (TPSA) is 233 Å². The highest BCUT2D eigenvalue weighted by Crippen LogP contribution is 2.28.